The number of nitrogens with zero attached hydrogens (tertiary/aromatic N) is 1. The van der Waals surface area contributed by atoms with Gasteiger partial charge in [0, 0.05) is 29.3 Å². The Hall–Kier alpha value is -1.06. The van der Waals surface area contributed by atoms with Crippen molar-refractivity contribution in [3.8, 4) is 0 Å². The van der Waals surface area contributed by atoms with Crippen molar-refractivity contribution < 1.29 is 0 Å². The molecular formula is C18H23BrN2. The minimum atomic E-state index is 0.638. The van der Waals surface area contributed by atoms with Crippen LogP contribution in [-0.2, 0) is 0 Å². The molecule has 1 unspecified atom stereocenters. The molecule has 3 rings (SSSR count). The van der Waals surface area contributed by atoms with E-state index in [4.69, 9.17) is 0 Å². The Kier molecular flexibility index (Phi) is 4.81. The number of hydrogen-bond acceptors (Lipinski definition) is 2. The fraction of sp³-hybridized carbons (Fsp3) is 0.444. The highest BCUT2D eigenvalue weighted by Crippen LogP contribution is 2.26. The molecule has 21 heavy (non-hydrogen) atoms. The maximum absolute atomic E-state index is 3.67. The quantitative estimate of drug-likeness (QED) is 0.872. The van der Waals surface area contributed by atoms with E-state index in [-0.39, 0.29) is 0 Å². The average Bonchev–Trinajstić information content (AvgIpc) is 2.52. The Morgan fingerprint density at radius 3 is 2.86 bits per heavy atom. The Bertz CT molecular complexity index is 611. The van der Waals surface area contributed by atoms with Crippen molar-refractivity contribution in [2.45, 2.75) is 32.2 Å². The second kappa shape index (κ2) is 6.80. The molecule has 0 bridgehead atoms. The van der Waals surface area contributed by atoms with Crippen molar-refractivity contribution >= 4 is 32.4 Å². The van der Waals surface area contributed by atoms with Gasteiger partial charge in [-0.25, -0.2) is 0 Å². The standard InChI is InChI=1S/C18H23BrN2/c1-2-9-20-17-4-3-10-21(13-17)18-8-6-14-11-16(19)7-5-15(14)12-18/h5-8,11-12,17,20H,2-4,9-10,13H2,1H3. The zero-order valence-electron chi connectivity index (χ0n) is 12.6. The largest absolute Gasteiger partial charge is 0.370 e. The van der Waals surface area contributed by atoms with E-state index < -0.39 is 0 Å². The van der Waals surface area contributed by atoms with Crippen LogP contribution in [0.5, 0.6) is 0 Å². The smallest absolute Gasteiger partial charge is 0.0373 e. The molecule has 2 nitrogen and oxygen atoms in total. The van der Waals surface area contributed by atoms with E-state index in [0.717, 1.165) is 17.6 Å². The molecule has 0 spiro atoms. The molecule has 1 N–H and O–H groups in total. The Labute approximate surface area is 135 Å². The maximum Gasteiger partial charge on any atom is 0.0373 e. The Morgan fingerprint density at radius 1 is 1.19 bits per heavy atom. The summed E-state index contributed by atoms with van der Waals surface area (Å²) >= 11 is 3.54. The van der Waals surface area contributed by atoms with E-state index in [0.29, 0.717) is 6.04 Å². The maximum atomic E-state index is 3.67. The topological polar surface area (TPSA) is 15.3 Å². The third-order valence-electron chi connectivity index (χ3n) is 4.26. The second-order valence-corrected chi connectivity index (χ2v) is 6.83. The van der Waals surface area contributed by atoms with Gasteiger partial charge in [-0.1, -0.05) is 35.0 Å². The molecule has 1 atom stereocenters. The normalized spacial score (nSPS) is 19.1. The summed E-state index contributed by atoms with van der Waals surface area (Å²) in [6, 6.07) is 14.0. The van der Waals surface area contributed by atoms with Crippen LogP contribution >= 0.6 is 15.9 Å². The molecule has 0 aromatic heterocycles. The summed E-state index contributed by atoms with van der Waals surface area (Å²) in [6.45, 7) is 5.66. The Balaban J connectivity index is 1.77. The first kappa shape index (κ1) is 14.9. The van der Waals surface area contributed by atoms with E-state index in [1.807, 2.05) is 0 Å². The number of anilines is 1. The minimum Gasteiger partial charge on any atom is -0.370 e. The van der Waals surface area contributed by atoms with Crippen molar-refractivity contribution in [1.82, 2.24) is 5.32 Å². The van der Waals surface area contributed by atoms with Gasteiger partial charge in [0.25, 0.3) is 0 Å². The van der Waals surface area contributed by atoms with Gasteiger partial charge < -0.3 is 10.2 Å². The van der Waals surface area contributed by atoms with Crippen LogP contribution < -0.4 is 10.2 Å². The van der Waals surface area contributed by atoms with Gasteiger partial charge in [-0.05, 0) is 60.8 Å². The average molecular weight is 347 g/mol. The molecule has 2 aromatic rings. The van der Waals surface area contributed by atoms with E-state index in [1.165, 1.54) is 42.3 Å². The zero-order chi connectivity index (χ0) is 14.7. The van der Waals surface area contributed by atoms with Crippen LogP contribution in [0.15, 0.2) is 40.9 Å². The predicted octanol–water partition coefficient (Wildman–Crippen LogP) is 4.57. The molecule has 0 saturated carbocycles. The zero-order valence-corrected chi connectivity index (χ0v) is 14.2. The lowest BCUT2D eigenvalue weighted by molar-refractivity contribution is 0.423. The highest BCUT2D eigenvalue weighted by atomic mass is 79.9. The van der Waals surface area contributed by atoms with E-state index in [1.54, 1.807) is 0 Å². The second-order valence-electron chi connectivity index (χ2n) is 5.92. The summed E-state index contributed by atoms with van der Waals surface area (Å²) in [5, 5.41) is 6.28. The number of piperidine rings is 1. The number of halogens is 1. The number of fused-ring (bicyclic) bond motifs is 1. The van der Waals surface area contributed by atoms with Crippen LogP contribution in [0.4, 0.5) is 5.69 Å². The van der Waals surface area contributed by atoms with Crippen LogP contribution in [0.2, 0.25) is 0 Å². The predicted molar refractivity (Wildman–Crippen MR) is 95.2 cm³/mol. The summed E-state index contributed by atoms with van der Waals surface area (Å²) < 4.78 is 1.14. The first-order chi connectivity index (χ1) is 10.3. The van der Waals surface area contributed by atoms with Gasteiger partial charge in [-0.2, -0.15) is 0 Å². The van der Waals surface area contributed by atoms with Crippen molar-refractivity contribution in [1.29, 1.82) is 0 Å². The molecular weight excluding hydrogens is 324 g/mol. The van der Waals surface area contributed by atoms with Crippen LogP contribution in [0.1, 0.15) is 26.2 Å². The summed E-state index contributed by atoms with van der Waals surface area (Å²) in [5.74, 6) is 0. The summed E-state index contributed by atoms with van der Waals surface area (Å²) in [5.41, 5.74) is 1.35. The van der Waals surface area contributed by atoms with E-state index >= 15 is 0 Å². The molecule has 0 aliphatic carbocycles. The minimum absolute atomic E-state index is 0.638. The first-order valence-electron chi connectivity index (χ1n) is 7.94. The number of nitrogens with one attached hydrogen (secondary N) is 1. The number of rotatable bonds is 4. The van der Waals surface area contributed by atoms with Crippen molar-refractivity contribution in [2.24, 2.45) is 0 Å². The van der Waals surface area contributed by atoms with Crippen molar-refractivity contribution in [2.75, 3.05) is 24.5 Å². The highest BCUT2D eigenvalue weighted by Gasteiger charge is 2.19. The van der Waals surface area contributed by atoms with Crippen molar-refractivity contribution in [3.63, 3.8) is 0 Å². The van der Waals surface area contributed by atoms with Gasteiger partial charge in [0.15, 0.2) is 0 Å². The molecule has 1 heterocycles. The fourth-order valence-corrected chi connectivity index (χ4v) is 3.51. The SMILES string of the molecule is CCCNC1CCCN(c2ccc3cc(Br)ccc3c2)C1. The van der Waals surface area contributed by atoms with E-state index in [2.05, 4.69) is 69.5 Å². The van der Waals surface area contributed by atoms with E-state index in [9.17, 15) is 0 Å². The molecule has 3 heteroatoms. The van der Waals surface area contributed by atoms with Crippen LogP contribution in [0.3, 0.4) is 0 Å². The lowest BCUT2D eigenvalue weighted by Gasteiger charge is -2.35. The monoisotopic (exact) mass is 346 g/mol. The molecule has 1 aliphatic rings. The van der Waals surface area contributed by atoms with Gasteiger partial charge >= 0.3 is 0 Å². The molecule has 112 valence electrons. The number of benzene rings is 2. The van der Waals surface area contributed by atoms with Gasteiger partial charge in [0.2, 0.25) is 0 Å². The third kappa shape index (κ3) is 3.58. The van der Waals surface area contributed by atoms with Crippen molar-refractivity contribution in [3.05, 3.63) is 40.9 Å². The van der Waals surface area contributed by atoms with Crippen LogP contribution in [0.25, 0.3) is 10.8 Å². The van der Waals surface area contributed by atoms with Crippen LogP contribution in [0, 0.1) is 0 Å². The summed E-state index contributed by atoms with van der Waals surface area (Å²) in [4.78, 5) is 2.53. The molecule has 1 fully saturated rings. The lowest BCUT2D eigenvalue weighted by Crippen LogP contribution is -2.46. The molecule has 0 amide bonds. The molecule has 1 saturated heterocycles. The van der Waals surface area contributed by atoms with Gasteiger partial charge in [-0.15, -0.1) is 0 Å². The first-order valence-corrected chi connectivity index (χ1v) is 8.73. The van der Waals surface area contributed by atoms with Gasteiger partial charge in [0.1, 0.15) is 0 Å². The van der Waals surface area contributed by atoms with Crippen LogP contribution in [-0.4, -0.2) is 25.7 Å². The summed E-state index contributed by atoms with van der Waals surface area (Å²) in [6.07, 6.45) is 3.79. The lowest BCUT2D eigenvalue weighted by atomic mass is 10.0. The fourth-order valence-electron chi connectivity index (χ4n) is 3.13. The van der Waals surface area contributed by atoms with Gasteiger partial charge in [-0.3, -0.25) is 0 Å². The molecule has 2 aromatic carbocycles. The highest BCUT2D eigenvalue weighted by molar-refractivity contribution is 9.10. The Morgan fingerprint density at radius 2 is 2.00 bits per heavy atom. The molecule has 1 aliphatic heterocycles. The third-order valence-corrected chi connectivity index (χ3v) is 4.75. The number of hydrogen-bond donors (Lipinski definition) is 1. The molecule has 0 radical (unpaired) electrons. The summed E-state index contributed by atoms with van der Waals surface area (Å²) in [7, 11) is 0. The van der Waals surface area contributed by atoms with Gasteiger partial charge in [0.05, 0.1) is 0 Å².